The third-order valence-electron chi connectivity index (χ3n) is 3.88. The second kappa shape index (κ2) is 6.29. The molecular formula is C16H21NS. The van der Waals surface area contributed by atoms with Crippen LogP contribution in [0.25, 0.3) is 0 Å². The van der Waals surface area contributed by atoms with Gasteiger partial charge < -0.3 is 0 Å². The molecule has 0 spiro atoms. The maximum atomic E-state index is 9.30. The van der Waals surface area contributed by atoms with Crippen LogP contribution in [0.15, 0.2) is 23.1 Å². The van der Waals surface area contributed by atoms with Crippen LogP contribution in [0.4, 0.5) is 0 Å². The number of hydrogen-bond donors (Lipinski definition) is 0. The van der Waals surface area contributed by atoms with Crippen molar-refractivity contribution in [3.05, 3.63) is 29.3 Å². The Balaban J connectivity index is 2.10. The van der Waals surface area contributed by atoms with Crippen LogP contribution < -0.4 is 0 Å². The molecule has 1 saturated carbocycles. The molecule has 1 fully saturated rings. The highest BCUT2D eigenvalue weighted by molar-refractivity contribution is 8.00. The molecule has 18 heavy (non-hydrogen) atoms. The number of benzene rings is 1. The summed E-state index contributed by atoms with van der Waals surface area (Å²) in [5.74, 6) is 0.235. The Morgan fingerprint density at radius 3 is 2.61 bits per heavy atom. The summed E-state index contributed by atoms with van der Waals surface area (Å²) < 4.78 is 0. The summed E-state index contributed by atoms with van der Waals surface area (Å²) in [6, 6.07) is 9.17. The molecule has 2 heteroatoms. The first-order chi connectivity index (χ1) is 8.70. The van der Waals surface area contributed by atoms with Gasteiger partial charge in [-0.1, -0.05) is 25.3 Å². The number of rotatable bonds is 2. The summed E-state index contributed by atoms with van der Waals surface area (Å²) in [4.78, 5) is 1.32. The van der Waals surface area contributed by atoms with Crippen molar-refractivity contribution in [3.8, 4) is 6.07 Å². The number of thioether (sulfide) groups is 1. The highest BCUT2D eigenvalue weighted by atomic mass is 32.2. The largest absolute Gasteiger partial charge is 0.198 e. The average molecular weight is 259 g/mol. The first-order valence-corrected chi connectivity index (χ1v) is 7.72. The Hall–Kier alpha value is -0.940. The fourth-order valence-electron chi connectivity index (χ4n) is 2.52. The molecule has 0 heterocycles. The van der Waals surface area contributed by atoms with Gasteiger partial charge in [0.05, 0.1) is 12.0 Å². The summed E-state index contributed by atoms with van der Waals surface area (Å²) in [6.45, 7) is 4.31. The standard InChI is InChI=1S/C16H21NS/c1-12-8-9-15(10-13(12)2)18-16-7-5-3-4-6-14(16)11-17/h8-10,14,16H,3-7H2,1-2H3. The summed E-state index contributed by atoms with van der Waals surface area (Å²) in [5.41, 5.74) is 2.69. The van der Waals surface area contributed by atoms with Gasteiger partial charge in [0.1, 0.15) is 0 Å². The molecule has 2 atom stereocenters. The molecular weight excluding hydrogens is 238 g/mol. The number of nitriles is 1. The maximum absolute atomic E-state index is 9.30. The van der Waals surface area contributed by atoms with Crippen molar-refractivity contribution in [2.24, 2.45) is 5.92 Å². The summed E-state index contributed by atoms with van der Waals surface area (Å²) in [7, 11) is 0. The summed E-state index contributed by atoms with van der Waals surface area (Å²) in [5, 5.41) is 9.79. The van der Waals surface area contributed by atoms with Gasteiger partial charge >= 0.3 is 0 Å². The normalized spacial score (nSPS) is 24.3. The lowest BCUT2D eigenvalue weighted by Gasteiger charge is -2.19. The molecule has 0 aromatic heterocycles. The minimum atomic E-state index is 0.235. The molecule has 0 radical (unpaired) electrons. The Kier molecular flexibility index (Phi) is 4.72. The monoisotopic (exact) mass is 259 g/mol. The van der Waals surface area contributed by atoms with E-state index >= 15 is 0 Å². The van der Waals surface area contributed by atoms with Crippen LogP contribution in [-0.2, 0) is 0 Å². The van der Waals surface area contributed by atoms with Gasteiger partial charge in [-0.15, -0.1) is 11.8 Å². The van der Waals surface area contributed by atoms with Gasteiger partial charge in [-0.3, -0.25) is 0 Å². The first-order valence-electron chi connectivity index (χ1n) is 6.84. The molecule has 1 aromatic rings. The molecule has 1 nitrogen and oxygen atoms in total. The van der Waals surface area contributed by atoms with Gasteiger partial charge in [-0.25, -0.2) is 0 Å². The zero-order chi connectivity index (χ0) is 13.0. The van der Waals surface area contributed by atoms with Gasteiger partial charge in [0.25, 0.3) is 0 Å². The summed E-state index contributed by atoms with van der Waals surface area (Å²) >= 11 is 1.91. The van der Waals surface area contributed by atoms with Crippen LogP contribution >= 0.6 is 11.8 Å². The molecule has 2 rings (SSSR count). The number of hydrogen-bond acceptors (Lipinski definition) is 2. The Labute approximate surface area is 115 Å². The molecule has 2 unspecified atom stereocenters. The van der Waals surface area contributed by atoms with Crippen molar-refractivity contribution in [2.75, 3.05) is 0 Å². The van der Waals surface area contributed by atoms with Crippen LogP contribution in [-0.4, -0.2) is 5.25 Å². The van der Waals surface area contributed by atoms with E-state index in [1.807, 2.05) is 11.8 Å². The predicted molar refractivity (Wildman–Crippen MR) is 77.7 cm³/mol. The Morgan fingerprint density at radius 1 is 1.11 bits per heavy atom. The zero-order valence-corrected chi connectivity index (χ0v) is 12.1. The SMILES string of the molecule is Cc1ccc(SC2CCCCCC2C#N)cc1C. The molecule has 0 saturated heterocycles. The van der Waals surface area contributed by atoms with Gasteiger partial charge in [0.15, 0.2) is 0 Å². The zero-order valence-electron chi connectivity index (χ0n) is 11.3. The van der Waals surface area contributed by atoms with E-state index in [2.05, 4.69) is 38.1 Å². The van der Waals surface area contributed by atoms with Crippen LogP contribution in [0.1, 0.15) is 43.2 Å². The molecule has 1 aliphatic rings. The third-order valence-corrected chi connectivity index (χ3v) is 5.28. The number of aryl methyl sites for hydroxylation is 2. The number of nitrogens with zero attached hydrogens (tertiary/aromatic N) is 1. The lowest BCUT2D eigenvalue weighted by Crippen LogP contribution is -2.13. The lowest BCUT2D eigenvalue weighted by atomic mass is 10.0. The van der Waals surface area contributed by atoms with Crippen LogP contribution in [0.2, 0.25) is 0 Å². The van der Waals surface area contributed by atoms with Gasteiger partial charge in [-0.05, 0) is 49.9 Å². The van der Waals surface area contributed by atoms with Crippen LogP contribution in [0.3, 0.4) is 0 Å². The smallest absolute Gasteiger partial charge is 0.0667 e. The van der Waals surface area contributed by atoms with Crippen molar-refractivity contribution in [2.45, 2.75) is 56.1 Å². The fraction of sp³-hybridized carbons (Fsp3) is 0.562. The second-order valence-corrected chi connectivity index (χ2v) is 6.59. The van der Waals surface area contributed by atoms with E-state index in [0.717, 1.165) is 6.42 Å². The van der Waals surface area contributed by atoms with Crippen molar-refractivity contribution >= 4 is 11.8 Å². The molecule has 1 aromatic carbocycles. The minimum Gasteiger partial charge on any atom is -0.198 e. The molecule has 0 N–H and O–H groups in total. The Bertz CT molecular complexity index is 447. The third kappa shape index (κ3) is 3.29. The lowest BCUT2D eigenvalue weighted by molar-refractivity contribution is 0.585. The highest BCUT2D eigenvalue weighted by Gasteiger charge is 2.24. The van der Waals surface area contributed by atoms with Crippen molar-refractivity contribution in [3.63, 3.8) is 0 Å². The minimum absolute atomic E-state index is 0.235. The van der Waals surface area contributed by atoms with E-state index in [4.69, 9.17) is 0 Å². The quantitative estimate of drug-likeness (QED) is 0.708. The van der Waals surface area contributed by atoms with E-state index in [9.17, 15) is 5.26 Å². The molecule has 1 aliphatic carbocycles. The van der Waals surface area contributed by atoms with Crippen LogP contribution in [0, 0.1) is 31.1 Å². The van der Waals surface area contributed by atoms with Crippen molar-refractivity contribution in [1.29, 1.82) is 5.26 Å². The van der Waals surface area contributed by atoms with Crippen LogP contribution in [0.5, 0.6) is 0 Å². The van der Waals surface area contributed by atoms with E-state index in [1.165, 1.54) is 41.7 Å². The van der Waals surface area contributed by atoms with E-state index in [0.29, 0.717) is 5.25 Å². The molecule has 0 amide bonds. The molecule has 0 bridgehead atoms. The predicted octanol–water partition coefficient (Wildman–Crippen LogP) is 4.87. The molecule has 96 valence electrons. The highest BCUT2D eigenvalue weighted by Crippen LogP contribution is 2.36. The first kappa shape index (κ1) is 13.5. The molecule has 0 aliphatic heterocycles. The van der Waals surface area contributed by atoms with E-state index in [-0.39, 0.29) is 5.92 Å². The van der Waals surface area contributed by atoms with Gasteiger partial charge in [-0.2, -0.15) is 5.26 Å². The average Bonchev–Trinajstić information content (AvgIpc) is 2.59. The second-order valence-electron chi connectivity index (χ2n) is 5.28. The van der Waals surface area contributed by atoms with Crippen molar-refractivity contribution in [1.82, 2.24) is 0 Å². The van der Waals surface area contributed by atoms with Crippen molar-refractivity contribution < 1.29 is 0 Å². The summed E-state index contributed by atoms with van der Waals surface area (Å²) in [6.07, 6.45) is 6.07. The fourth-order valence-corrected chi connectivity index (χ4v) is 3.91. The van der Waals surface area contributed by atoms with E-state index < -0.39 is 0 Å². The van der Waals surface area contributed by atoms with Gasteiger partial charge in [0, 0.05) is 10.1 Å². The topological polar surface area (TPSA) is 23.8 Å². The van der Waals surface area contributed by atoms with Gasteiger partial charge in [0.2, 0.25) is 0 Å². The maximum Gasteiger partial charge on any atom is 0.0667 e. The van der Waals surface area contributed by atoms with E-state index in [1.54, 1.807) is 0 Å². The Morgan fingerprint density at radius 2 is 1.89 bits per heavy atom.